The number of aromatic nitrogens is 1. The van der Waals surface area contributed by atoms with Crippen LogP contribution in [0.25, 0.3) is 10.9 Å². The molecule has 0 amide bonds. The first-order valence-electron chi connectivity index (χ1n) is 10.0. The Labute approximate surface area is 178 Å². The van der Waals surface area contributed by atoms with Gasteiger partial charge in [0.05, 0.1) is 5.56 Å². The molecule has 162 valence electrons. The van der Waals surface area contributed by atoms with Gasteiger partial charge in [0.1, 0.15) is 17.9 Å². The van der Waals surface area contributed by atoms with Crippen molar-refractivity contribution in [3.63, 3.8) is 0 Å². The normalized spacial score (nSPS) is 17.9. The summed E-state index contributed by atoms with van der Waals surface area (Å²) in [7, 11) is 0. The van der Waals surface area contributed by atoms with Crippen molar-refractivity contribution in [1.29, 1.82) is 5.26 Å². The van der Waals surface area contributed by atoms with Gasteiger partial charge < -0.3 is 14.8 Å². The second-order valence-corrected chi connectivity index (χ2v) is 9.16. The van der Waals surface area contributed by atoms with Gasteiger partial charge in [-0.1, -0.05) is 45.0 Å². The Bertz CT molecular complexity index is 1180. The third-order valence-electron chi connectivity index (χ3n) is 5.91. The summed E-state index contributed by atoms with van der Waals surface area (Å²) in [6.45, 7) is 6.07. The molecule has 31 heavy (non-hydrogen) atoms. The van der Waals surface area contributed by atoms with Gasteiger partial charge in [0.25, 0.3) is 0 Å². The Morgan fingerprint density at radius 1 is 1.13 bits per heavy atom. The molecule has 0 fully saturated rings. The number of nitriles is 1. The van der Waals surface area contributed by atoms with Crippen LogP contribution in [0.5, 0.6) is 5.75 Å². The van der Waals surface area contributed by atoms with E-state index in [2.05, 4.69) is 4.98 Å². The van der Waals surface area contributed by atoms with Gasteiger partial charge in [-0.05, 0) is 29.2 Å². The Kier molecular flexibility index (Phi) is 4.82. The highest BCUT2D eigenvalue weighted by Gasteiger charge is 2.56. The van der Waals surface area contributed by atoms with Crippen LogP contribution in [0, 0.1) is 11.3 Å². The SMILES string of the molecule is CC(C)(C)c1ccc2c(c1)C(CC(O)(Cc1[nH]c3ccccc3c1C#N)C(F)(F)F)O2. The predicted octanol–water partition coefficient (Wildman–Crippen LogP) is 5.70. The van der Waals surface area contributed by atoms with E-state index in [9.17, 15) is 23.5 Å². The van der Waals surface area contributed by atoms with E-state index in [-0.39, 0.29) is 16.7 Å². The van der Waals surface area contributed by atoms with Crippen LogP contribution in [-0.4, -0.2) is 21.9 Å². The number of para-hydroxylation sites is 1. The van der Waals surface area contributed by atoms with Crippen LogP contribution in [0.1, 0.15) is 55.7 Å². The van der Waals surface area contributed by atoms with Gasteiger partial charge in [-0.3, -0.25) is 0 Å². The molecule has 2 unspecified atom stereocenters. The molecule has 2 atom stereocenters. The smallest absolute Gasteiger partial charge is 0.417 e. The molecule has 0 spiro atoms. The second-order valence-electron chi connectivity index (χ2n) is 9.16. The highest BCUT2D eigenvalue weighted by atomic mass is 19.4. The van der Waals surface area contributed by atoms with Gasteiger partial charge >= 0.3 is 6.18 Å². The molecule has 7 heteroatoms. The summed E-state index contributed by atoms with van der Waals surface area (Å²) in [6.07, 6.45) is -7.20. The summed E-state index contributed by atoms with van der Waals surface area (Å²) in [5.74, 6) is 0.533. The van der Waals surface area contributed by atoms with E-state index in [1.54, 1.807) is 30.3 Å². The molecule has 0 saturated carbocycles. The van der Waals surface area contributed by atoms with Crippen molar-refractivity contribution in [2.75, 3.05) is 0 Å². The van der Waals surface area contributed by atoms with Gasteiger partial charge in [0.2, 0.25) is 0 Å². The fourth-order valence-electron chi connectivity index (χ4n) is 4.03. The molecule has 2 aromatic carbocycles. The van der Waals surface area contributed by atoms with Gasteiger partial charge in [0, 0.05) is 35.0 Å². The number of hydrogen-bond acceptors (Lipinski definition) is 3. The van der Waals surface area contributed by atoms with Crippen LogP contribution in [0.4, 0.5) is 13.2 Å². The maximum Gasteiger partial charge on any atom is 0.417 e. The third-order valence-corrected chi connectivity index (χ3v) is 5.91. The number of hydrogen-bond donors (Lipinski definition) is 2. The van der Waals surface area contributed by atoms with E-state index in [1.807, 2.05) is 39.0 Å². The number of aromatic amines is 1. The lowest BCUT2D eigenvalue weighted by Crippen LogP contribution is -2.49. The zero-order valence-corrected chi connectivity index (χ0v) is 17.5. The minimum atomic E-state index is -4.90. The number of nitrogens with one attached hydrogen (secondary N) is 1. The molecule has 0 saturated heterocycles. The summed E-state index contributed by atoms with van der Waals surface area (Å²) >= 11 is 0. The molecule has 0 radical (unpaired) electrons. The lowest BCUT2D eigenvalue weighted by molar-refractivity contribution is -0.269. The number of rotatable bonds is 4. The lowest BCUT2D eigenvalue weighted by atomic mass is 9.81. The Balaban J connectivity index is 1.67. The molecule has 2 heterocycles. The molecule has 0 bridgehead atoms. The van der Waals surface area contributed by atoms with Crippen LogP contribution in [0.2, 0.25) is 0 Å². The first kappa shape index (κ1) is 21.3. The Morgan fingerprint density at radius 2 is 1.84 bits per heavy atom. The maximum absolute atomic E-state index is 14.0. The minimum Gasteiger partial charge on any atom is -0.485 e. The molecule has 3 aromatic rings. The summed E-state index contributed by atoms with van der Waals surface area (Å²) in [5.41, 5.74) is -0.848. The summed E-state index contributed by atoms with van der Waals surface area (Å²) < 4.78 is 47.7. The molecule has 2 N–H and O–H groups in total. The zero-order chi connectivity index (χ0) is 22.6. The molecule has 1 aliphatic rings. The topological polar surface area (TPSA) is 69.0 Å². The number of alkyl halides is 3. The monoisotopic (exact) mass is 428 g/mol. The molecular weight excluding hydrogens is 405 g/mol. The van der Waals surface area contributed by atoms with Crippen molar-refractivity contribution in [3.8, 4) is 11.8 Å². The standard InChI is InChI=1S/C24H23F3N2O2/c1-22(2,3)14-8-9-20-16(10-14)21(31-20)12-23(30,24(25,26)27)11-19-17(13-28)15-6-4-5-7-18(15)29-19/h4-10,21,29-30H,11-12H2,1-3H3. The summed E-state index contributed by atoms with van der Waals surface area (Å²) in [4.78, 5) is 2.88. The number of fused-ring (bicyclic) bond motifs is 2. The molecule has 4 rings (SSSR count). The molecule has 1 aliphatic heterocycles. The third kappa shape index (κ3) is 3.66. The van der Waals surface area contributed by atoms with Gasteiger partial charge in [0.15, 0.2) is 5.60 Å². The zero-order valence-electron chi connectivity index (χ0n) is 17.5. The second kappa shape index (κ2) is 7.03. The molecule has 0 aliphatic carbocycles. The number of ether oxygens (including phenoxy) is 1. The van der Waals surface area contributed by atoms with Gasteiger partial charge in [-0.25, -0.2) is 0 Å². The average Bonchev–Trinajstić information content (AvgIpc) is 3.01. The summed E-state index contributed by atoms with van der Waals surface area (Å²) in [6, 6.07) is 14.3. The number of benzene rings is 2. The van der Waals surface area contributed by atoms with Crippen molar-refractivity contribution >= 4 is 10.9 Å². The van der Waals surface area contributed by atoms with E-state index in [0.29, 0.717) is 22.2 Å². The minimum absolute atomic E-state index is 0.0616. The van der Waals surface area contributed by atoms with Crippen molar-refractivity contribution in [2.45, 2.75) is 56.9 Å². The average molecular weight is 428 g/mol. The van der Waals surface area contributed by atoms with Crippen LogP contribution in [-0.2, 0) is 11.8 Å². The fraction of sp³-hybridized carbons (Fsp3) is 0.375. The first-order chi connectivity index (χ1) is 14.4. The number of halogens is 3. The van der Waals surface area contributed by atoms with Crippen LogP contribution < -0.4 is 4.74 Å². The Hall–Kier alpha value is -2.98. The summed E-state index contributed by atoms with van der Waals surface area (Å²) in [5, 5.41) is 20.9. The van der Waals surface area contributed by atoms with Crippen molar-refractivity contribution in [3.05, 3.63) is 64.8 Å². The fourth-order valence-corrected chi connectivity index (χ4v) is 4.03. The molecule has 4 nitrogen and oxygen atoms in total. The van der Waals surface area contributed by atoms with Crippen LogP contribution >= 0.6 is 0 Å². The van der Waals surface area contributed by atoms with E-state index in [0.717, 1.165) is 5.56 Å². The van der Waals surface area contributed by atoms with Crippen molar-refractivity contribution in [1.82, 2.24) is 4.98 Å². The maximum atomic E-state index is 14.0. The molecule has 1 aromatic heterocycles. The lowest BCUT2D eigenvalue weighted by Gasteiger charge is -2.39. The van der Waals surface area contributed by atoms with E-state index in [4.69, 9.17) is 4.74 Å². The number of H-pyrrole nitrogens is 1. The highest BCUT2D eigenvalue weighted by molar-refractivity contribution is 5.87. The van der Waals surface area contributed by atoms with E-state index >= 15 is 0 Å². The molecular formula is C24H23F3N2O2. The van der Waals surface area contributed by atoms with Gasteiger partial charge in [-0.2, -0.15) is 18.4 Å². The highest BCUT2D eigenvalue weighted by Crippen LogP contribution is 2.49. The van der Waals surface area contributed by atoms with Crippen LogP contribution in [0.3, 0.4) is 0 Å². The van der Waals surface area contributed by atoms with Crippen molar-refractivity contribution < 1.29 is 23.0 Å². The van der Waals surface area contributed by atoms with E-state index in [1.165, 1.54) is 0 Å². The van der Waals surface area contributed by atoms with Gasteiger partial charge in [-0.15, -0.1) is 0 Å². The van der Waals surface area contributed by atoms with Crippen LogP contribution in [0.15, 0.2) is 42.5 Å². The van der Waals surface area contributed by atoms with Crippen molar-refractivity contribution in [2.24, 2.45) is 0 Å². The van der Waals surface area contributed by atoms with E-state index < -0.39 is 30.7 Å². The largest absolute Gasteiger partial charge is 0.485 e. The predicted molar refractivity (Wildman–Crippen MR) is 111 cm³/mol. The first-order valence-corrected chi connectivity index (χ1v) is 10.0. The number of nitrogens with zero attached hydrogens (tertiary/aromatic N) is 1. The quantitative estimate of drug-likeness (QED) is 0.560. The number of aliphatic hydroxyl groups is 1. The Morgan fingerprint density at radius 3 is 2.48 bits per heavy atom.